The topological polar surface area (TPSA) is 121 Å². The van der Waals surface area contributed by atoms with E-state index in [0.717, 1.165) is 38.7 Å². The molecule has 5 aromatic rings. The number of hydrogen-bond acceptors (Lipinski definition) is 7. The van der Waals surface area contributed by atoms with Crippen LogP contribution in [0.15, 0.2) is 54.7 Å². The average molecular weight is 485 g/mol. The van der Waals surface area contributed by atoms with Gasteiger partial charge in [0.25, 0.3) is 0 Å². The molecule has 3 heterocycles. The number of esters is 1. The van der Waals surface area contributed by atoms with Gasteiger partial charge in [-0.05, 0) is 50.6 Å². The largest absolute Gasteiger partial charge is 0.487 e. The van der Waals surface area contributed by atoms with Crippen molar-refractivity contribution in [3.8, 4) is 16.9 Å². The molecule has 0 bridgehead atoms. The quantitative estimate of drug-likeness (QED) is 0.303. The average Bonchev–Trinajstić information content (AvgIpc) is 3.43. The second-order valence-electron chi connectivity index (χ2n) is 8.83. The maximum atomic E-state index is 12.0. The van der Waals surface area contributed by atoms with Crippen LogP contribution in [0.2, 0.25) is 0 Å². The molecular weight excluding hydrogens is 456 g/mol. The SMILES string of the molecule is CCOC(=O)Cc1ccccc1OCc1nn(C(C)C)c2ccc(-c3cnc4n[nH]c(N)c4c3)cc12. The Morgan fingerprint density at radius 1 is 1.11 bits per heavy atom. The molecule has 0 fully saturated rings. The second kappa shape index (κ2) is 9.69. The summed E-state index contributed by atoms with van der Waals surface area (Å²) in [6, 6.07) is 15.9. The highest BCUT2D eigenvalue weighted by Gasteiger charge is 2.16. The Bertz CT molecular complexity index is 1550. The smallest absolute Gasteiger partial charge is 0.310 e. The highest BCUT2D eigenvalue weighted by atomic mass is 16.5. The molecule has 0 atom stereocenters. The maximum absolute atomic E-state index is 12.0. The maximum Gasteiger partial charge on any atom is 0.310 e. The molecule has 0 spiro atoms. The monoisotopic (exact) mass is 484 g/mol. The Hall–Kier alpha value is -4.40. The lowest BCUT2D eigenvalue weighted by atomic mass is 10.0. The van der Waals surface area contributed by atoms with Gasteiger partial charge in [0.1, 0.15) is 23.9 Å². The molecule has 2 aromatic carbocycles. The van der Waals surface area contributed by atoms with Gasteiger partial charge in [-0.25, -0.2) is 4.98 Å². The predicted molar refractivity (Wildman–Crippen MR) is 139 cm³/mol. The van der Waals surface area contributed by atoms with Crippen LogP contribution in [0.1, 0.15) is 38.1 Å². The van der Waals surface area contributed by atoms with E-state index >= 15 is 0 Å². The summed E-state index contributed by atoms with van der Waals surface area (Å²) in [6.45, 7) is 6.59. The van der Waals surface area contributed by atoms with E-state index in [1.807, 2.05) is 35.0 Å². The second-order valence-corrected chi connectivity index (χ2v) is 8.83. The normalized spacial score (nSPS) is 11.4. The van der Waals surface area contributed by atoms with E-state index in [1.165, 1.54) is 0 Å². The Kier molecular flexibility index (Phi) is 6.28. The summed E-state index contributed by atoms with van der Waals surface area (Å²) in [7, 11) is 0. The van der Waals surface area contributed by atoms with Crippen molar-refractivity contribution in [2.75, 3.05) is 12.3 Å². The first-order chi connectivity index (χ1) is 17.4. The molecule has 3 aromatic heterocycles. The number of nitrogens with one attached hydrogen (secondary N) is 1. The summed E-state index contributed by atoms with van der Waals surface area (Å²) in [6.07, 6.45) is 1.94. The van der Waals surface area contributed by atoms with Crippen LogP contribution >= 0.6 is 0 Å². The summed E-state index contributed by atoms with van der Waals surface area (Å²) in [4.78, 5) is 16.5. The van der Waals surface area contributed by atoms with Crippen molar-refractivity contribution in [2.45, 2.75) is 39.8 Å². The Labute approximate surface area is 208 Å². The number of para-hydroxylation sites is 1. The molecule has 36 heavy (non-hydrogen) atoms. The number of pyridine rings is 1. The molecule has 5 rings (SSSR count). The van der Waals surface area contributed by atoms with E-state index in [9.17, 15) is 4.79 Å². The lowest BCUT2D eigenvalue weighted by molar-refractivity contribution is -0.142. The molecule has 0 aliphatic heterocycles. The number of nitrogen functional groups attached to an aromatic ring is 1. The molecule has 0 unspecified atom stereocenters. The zero-order valence-corrected chi connectivity index (χ0v) is 20.5. The van der Waals surface area contributed by atoms with Crippen LogP contribution in [0.5, 0.6) is 5.75 Å². The van der Waals surface area contributed by atoms with Gasteiger partial charge in [0, 0.05) is 28.8 Å². The van der Waals surface area contributed by atoms with E-state index in [2.05, 4.69) is 47.2 Å². The van der Waals surface area contributed by atoms with Crippen molar-refractivity contribution in [3.63, 3.8) is 0 Å². The third kappa shape index (κ3) is 4.47. The number of nitrogens with zero attached hydrogens (tertiary/aromatic N) is 4. The third-order valence-electron chi connectivity index (χ3n) is 6.02. The van der Waals surface area contributed by atoms with Gasteiger partial charge in [0.15, 0.2) is 5.65 Å². The number of benzene rings is 2. The van der Waals surface area contributed by atoms with Gasteiger partial charge in [-0.3, -0.25) is 14.6 Å². The van der Waals surface area contributed by atoms with Gasteiger partial charge in [0.05, 0.1) is 23.9 Å². The van der Waals surface area contributed by atoms with Crippen LogP contribution in [0.3, 0.4) is 0 Å². The Morgan fingerprint density at radius 2 is 1.92 bits per heavy atom. The number of aromatic amines is 1. The number of rotatable bonds is 8. The standard InChI is InChI=1S/C27H28N6O3/c1-4-35-25(34)13-18-7-5-6-8-24(18)36-15-22-20-11-17(9-10-23(20)33(32-22)16(2)3)19-12-21-26(28)30-31-27(21)29-14-19/h5-12,14,16H,4,13,15H2,1-3H3,(H3,28,29,30,31). The lowest BCUT2D eigenvalue weighted by Crippen LogP contribution is -2.09. The van der Waals surface area contributed by atoms with Crippen molar-refractivity contribution in [2.24, 2.45) is 0 Å². The molecule has 184 valence electrons. The van der Waals surface area contributed by atoms with Crippen LogP contribution in [-0.2, 0) is 22.6 Å². The molecular formula is C27H28N6O3. The predicted octanol–water partition coefficient (Wildman–Crippen LogP) is 4.82. The van der Waals surface area contributed by atoms with Crippen LogP contribution < -0.4 is 10.5 Å². The fourth-order valence-electron chi connectivity index (χ4n) is 4.26. The number of carbonyl (C=O) groups is 1. The highest BCUT2D eigenvalue weighted by molar-refractivity contribution is 5.92. The molecule has 0 saturated heterocycles. The number of fused-ring (bicyclic) bond motifs is 2. The number of anilines is 1. The molecule has 3 N–H and O–H groups in total. The third-order valence-corrected chi connectivity index (χ3v) is 6.02. The number of nitrogens with two attached hydrogens (primary N) is 1. The van der Waals surface area contributed by atoms with Crippen LogP contribution in [0, 0.1) is 0 Å². The molecule has 0 aliphatic rings. The number of aromatic nitrogens is 5. The fraction of sp³-hybridized carbons (Fsp3) is 0.259. The first-order valence-corrected chi connectivity index (χ1v) is 11.9. The van der Waals surface area contributed by atoms with E-state index < -0.39 is 0 Å². The van der Waals surface area contributed by atoms with E-state index in [0.29, 0.717) is 23.8 Å². The lowest BCUT2D eigenvalue weighted by Gasteiger charge is -2.10. The molecule has 0 radical (unpaired) electrons. The van der Waals surface area contributed by atoms with Gasteiger partial charge in [0.2, 0.25) is 0 Å². The zero-order chi connectivity index (χ0) is 25.2. The number of hydrogen-bond donors (Lipinski definition) is 2. The van der Waals surface area contributed by atoms with Gasteiger partial charge in [-0.2, -0.15) is 10.2 Å². The van der Waals surface area contributed by atoms with Crippen LogP contribution in [-0.4, -0.2) is 37.5 Å². The first kappa shape index (κ1) is 23.3. The fourth-order valence-corrected chi connectivity index (χ4v) is 4.26. The molecule has 9 nitrogen and oxygen atoms in total. The zero-order valence-electron chi connectivity index (χ0n) is 20.5. The summed E-state index contributed by atoms with van der Waals surface area (Å²) in [5, 5.41) is 13.5. The number of ether oxygens (including phenoxy) is 2. The van der Waals surface area contributed by atoms with Crippen LogP contribution in [0.4, 0.5) is 5.82 Å². The molecule has 0 aliphatic carbocycles. The summed E-state index contributed by atoms with van der Waals surface area (Å²) in [5.41, 5.74) is 11.1. The van der Waals surface area contributed by atoms with Gasteiger partial charge >= 0.3 is 5.97 Å². The molecule has 0 saturated carbocycles. The van der Waals surface area contributed by atoms with Gasteiger partial charge < -0.3 is 15.2 Å². The minimum Gasteiger partial charge on any atom is -0.487 e. The van der Waals surface area contributed by atoms with Gasteiger partial charge in [-0.1, -0.05) is 24.3 Å². The summed E-state index contributed by atoms with van der Waals surface area (Å²) < 4.78 is 13.3. The van der Waals surface area contributed by atoms with Crippen molar-refractivity contribution in [3.05, 3.63) is 66.0 Å². The Balaban J connectivity index is 1.49. The minimum absolute atomic E-state index is 0.155. The van der Waals surface area contributed by atoms with Crippen molar-refractivity contribution in [1.82, 2.24) is 25.0 Å². The molecule has 0 amide bonds. The minimum atomic E-state index is -0.281. The van der Waals surface area contributed by atoms with E-state index in [4.69, 9.17) is 20.3 Å². The first-order valence-electron chi connectivity index (χ1n) is 11.9. The summed E-state index contributed by atoms with van der Waals surface area (Å²) in [5.74, 6) is 0.847. The highest BCUT2D eigenvalue weighted by Crippen LogP contribution is 2.31. The van der Waals surface area contributed by atoms with Crippen molar-refractivity contribution < 1.29 is 14.3 Å². The van der Waals surface area contributed by atoms with Gasteiger partial charge in [-0.15, -0.1) is 0 Å². The van der Waals surface area contributed by atoms with E-state index in [-0.39, 0.29) is 25.0 Å². The molecule has 9 heteroatoms. The van der Waals surface area contributed by atoms with Crippen LogP contribution in [0.25, 0.3) is 33.1 Å². The number of H-pyrrole nitrogens is 1. The summed E-state index contributed by atoms with van der Waals surface area (Å²) >= 11 is 0. The Morgan fingerprint density at radius 3 is 2.72 bits per heavy atom. The number of carbonyl (C=O) groups excluding carboxylic acids is 1. The van der Waals surface area contributed by atoms with E-state index in [1.54, 1.807) is 13.1 Å². The van der Waals surface area contributed by atoms with Crippen molar-refractivity contribution in [1.29, 1.82) is 0 Å². The van der Waals surface area contributed by atoms with Crippen molar-refractivity contribution >= 4 is 33.7 Å².